The fraction of sp³-hybridized carbons (Fsp3) is 0.300. The highest BCUT2D eigenvalue weighted by atomic mass is 79.9. The topological polar surface area (TPSA) is 44.0 Å². The Hall–Kier alpha value is -0.720. The highest BCUT2D eigenvalue weighted by molar-refractivity contribution is 9.10. The summed E-state index contributed by atoms with van der Waals surface area (Å²) in [5.74, 6) is -0.215. The number of hydrogen-bond acceptors (Lipinski definition) is 2. The average Bonchev–Trinajstić information content (AvgIpc) is 2.15. The van der Waals surface area contributed by atoms with Crippen molar-refractivity contribution in [2.45, 2.75) is 19.3 Å². The predicted octanol–water partition coefficient (Wildman–Crippen LogP) is 3.83. The quantitative estimate of drug-likeness (QED) is 0.891. The standard InChI is InChI=1S/C10H9BrClNO/c1-2-6(5-13)8-3-7(12)4-9(11)10(8)14/h3-4,6,14H,2H2,1H3. The second kappa shape index (κ2) is 4.68. The fourth-order valence-electron chi connectivity index (χ4n) is 1.23. The lowest BCUT2D eigenvalue weighted by Gasteiger charge is -2.10. The van der Waals surface area contributed by atoms with Crippen molar-refractivity contribution in [3.05, 3.63) is 27.2 Å². The van der Waals surface area contributed by atoms with Crippen LogP contribution in [-0.4, -0.2) is 5.11 Å². The van der Waals surface area contributed by atoms with Crippen LogP contribution in [0, 0.1) is 11.3 Å². The average molecular weight is 275 g/mol. The Kier molecular flexibility index (Phi) is 3.79. The van der Waals surface area contributed by atoms with Crippen LogP contribution in [0.5, 0.6) is 5.75 Å². The van der Waals surface area contributed by atoms with Gasteiger partial charge in [-0.25, -0.2) is 0 Å². The molecule has 0 fully saturated rings. The van der Waals surface area contributed by atoms with Gasteiger partial charge in [0.25, 0.3) is 0 Å². The minimum absolute atomic E-state index is 0.0998. The van der Waals surface area contributed by atoms with Crippen LogP contribution in [0.3, 0.4) is 0 Å². The molecule has 0 heterocycles. The van der Waals surface area contributed by atoms with Crippen molar-refractivity contribution in [2.24, 2.45) is 0 Å². The Morgan fingerprint density at radius 1 is 1.64 bits per heavy atom. The highest BCUT2D eigenvalue weighted by Gasteiger charge is 2.15. The van der Waals surface area contributed by atoms with Crippen LogP contribution in [0.4, 0.5) is 0 Å². The summed E-state index contributed by atoms with van der Waals surface area (Å²) in [5, 5.41) is 19.1. The van der Waals surface area contributed by atoms with Crippen LogP contribution in [0.15, 0.2) is 16.6 Å². The molecule has 1 N–H and O–H groups in total. The molecular weight excluding hydrogens is 265 g/mol. The maximum Gasteiger partial charge on any atom is 0.134 e. The zero-order valence-corrected chi connectivity index (χ0v) is 9.93. The van der Waals surface area contributed by atoms with E-state index in [9.17, 15) is 5.11 Å². The molecule has 0 saturated carbocycles. The lowest BCUT2D eigenvalue weighted by molar-refractivity contribution is 0.461. The van der Waals surface area contributed by atoms with Crippen molar-refractivity contribution in [1.29, 1.82) is 5.26 Å². The summed E-state index contributed by atoms with van der Waals surface area (Å²) in [6, 6.07) is 5.35. The highest BCUT2D eigenvalue weighted by Crippen LogP contribution is 2.36. The van der Waals surface area contributed by atoms with E-state index in [4.69, 9.17) is 16.9 Å². The number of halogens is 2. The smallest absolute Gasteiger partial charge is 0.134 e. The normalized spacial score (nSPS) is 12.1. The molecule has 14 heavy (non-hydrogen) atoms. The molecule has 1 unspecified atom stereocenters. The molecule has 1 atom stereocenters. The molecule has 4 heteroatoms. The van der Waals surface area contributed by atoms with Crippen molar-refractivity contribution in [2.75, 3.05) is 0 Å². The Labute approximate surface area is 96.2 Å². The molecule has 0 aliphatic heterocycles. The molecule has 1 aromatic rings. The van der Waals surface area contributed by atoms with Crippen molar-refractivity contribution < 1.29 is 5.11 Å². The first kappa shape index (κ1) is 11.4. The second-order valence-electron chi connectivity index (χ2n) is 2.92. The van der Waals surface area contributed by atoms with Crippen molar-refractivity contribution in [3.63, 3.8) is 0 Å². The SMILES string of the molecule is CCC(C#N)c1cc(Cl)cc(Br)c1O. The molecule has 1 aromatic carbocycles. The molecule has 0 radical (unpaired) electrons. The third-order valence-corrected chi connectivity index (χ3v) is 2.82. The first-order valence-corrected chi connectivity index (χ1v) is 5.34. The van der Waals surface area contributed by atoms with E-state index in [-0.39, 0.29) is 11.7 Å². The van der Waals surface area contributed by atoms with Gasteiger partial charge >= 0.3 is 0 Å². The van der Waals surface area contributed by atoms with E-state index in [2.05, 4.69) is 22.0 Å². The van der Waals surface area contributed by atoms with E-state index >= 15 is 0 Å². The Morgan fingerprint density at radius 2 is 2.29 bits per heavy atom. The molecule has 0 bridgehead atoms. The lowest BCUT2D eigenvalue weighted by Crippen LogP contribution is -1.94. The largest absolute Gasteiger partial charge is 0.506 e. The van der Waals surface area contributed by atoms with Gasteiger partial charge in [0.15, 0.2) is 0 Å². The lowest BCUT2D eigenvalue weighted by atomic mass is 9.97. The summed E-state index contributed by atoms with van der Waals surface area (Å²) >= 11 is 9.01. The Morgan fingerprint density at radius 3 is 2.79 bits per heavy atom. The zero-order valence-electron chi connectivity index (χ0n) is 7.59. The molecule has 0 aromatic heterocycles. The van der Waals surface area contributed by atoms with Gasteiger partial charge in [-0.2, -0.15) is 5.26 Å². The number of aromatic hydroxyl groups is 1. The van der Waals surface area contributed by atoms with Gasteiger partial charge in [-0.3, -0.25) is 0 Å². The molecule has 0 aliphatic rings. The molecule has 0 amide bonds. The van der Waals surface area contributed by atoms with Crippen LogP contribution in [0.25, 0.3) is 0 Å². The van der Waals surface area contributed by atoms with E-state index in [1.54, 1.807) is 12.1 Å². The summed E-state index contributed by atoms with van der Waals surface area (Å²) in [6.07, 6.45) is 0.650. The van der Waals surface area contributed by atoms with Gasteiger partial charge in [-0.05, 0) is 34.5 Å². The van der Waals surface area contributed by atoms with Gasteiger partial charge in [0.1, 0.15) is 5.75 Å². The van der Waals surface area contributed by atoms with Crippen molar-refractivity contribution in [1.82, 2.24) is 0 Å². The number of phenols is 1. The van der Waals surface area contributed by atoms with Crippen LogP contribution in [-0.2, 0) is 0 Å². The molecule has 0 spiro atoms. The van der Waals surface area contributed by atoms with E-state index in [0.29, 0.717) is 21.5 Å². The third kappa shape index (κ3) is 2.20. The minimum atomic E-state index is -0.315. The predicted molar refractivity (Wildman–Crippen MR) is 59.5 cm³/mol. The van der Waals surface area contributed by atoms with Gasteiger partial charge in [-0.15, -0.1) is 0 Å². The van der Waals surface area contributed by atoms with E-state index in [1.807, 2.05) is 6.92 Å². The van der Waals surface area contributed by atoms with Crippen molar-refractivity contribution in [3.8, 4) is 11.8 Å². The zero-order chi connectivity index (χ0) is 10.7. The van der Waals surface area contributed by atoms with Gasteiger partial charge in [0.05, 0.1) is 16.5 Å². The molecule has 2 nitrogen and oxygen atoms in total. The second-order valence-corrected chi connectivity index (χ2v) is 4.21. The van der Waals surface area contributed by atoms with Gasteiger partial charge in [-0.1, -0.05) is 18.5 Å². The van der Waals surface area contributed by atoms with Crippen molar-refractivity contribution >= 4 is 27.5 Å². The summed E-state index contributed by atoms with van der Waals surface area (Å²) in [4.78, 5) is 0. The molecule has 74 valence electrons. The van der Waals surface area contributed by atoms with Gasteiger partial charge in [0, 0.05) is 10.6 Å². The maximum atomic E-state index is 9.70. The minimum Gasteiger partial charge on any atom is -0.506 e. The number of hydrogen-bond donors (Lipinski definition) is 1. The molecular formula is C10H9BrClNO. The number of benzene rings is 1. The fourth-order valence-corrected chi connectivity index (χ4v) is 2.07. The summed E-state index contributed by atoms with van der Waals surface area (Å²) in [6.45, 7) is 1.89. The van der Waals surface area contributed by atoms with Crippen LogP contribution in [0.2, 0.25) is 5.02 Å². The molecule has 1 rings (SSSR count). The van der Waals surface area contributed by atoms with E-state index < -0.39 is 0 Å². The summed E-state index contributed by atoms with van der Waals surface area (Å²) in [7, 11) is 0. The van der Waals surface area contributed by atoms with E-state index in [0.717, 1.165) is 0 Å². The van der Waals surface area contributed by atoms with Gasteiger partial charge < -0.3 is 5.11 Å². The summed E-state index contributed by atoms with van der Waals surface area (Å²) in [5.41, 5.74) is 0.578. The Bertz CT molecular complexity index is 386. The Balaban J connectivity index is 3.27. The molecule has 0 aliphatic carbocycles. The first-order chi connectivity index (χ1) is 6.60. The van der Waals surface area contributed by atoms with Gasteiger partial charge in [0.2, 0.25) is 0 Å². The summed E-state index contributed by atoms with van der Waals surface area (Å²) < 4.78 is 0.522. The number of nitriles is 1. The number of phenolic OH excluding ortho intramolecular Hbond substituents is 1. The maximum absolute atomic E-state index is 9.70. The van der Waals surface area contributed by atoms with Crippen LogP contribution < -0.4 is 0 Å². The number of nitrogens with zero attached hydrogens (tertiary/aromatic N) is 1. The van der Waals surface area contributed by atoms with Crippen LogP contribution in [0.1, 0.15) is 24.8 Å². The number of rotatable bonds is 2. The van der Waals surface area contributed by atoms with E-state index in [1.165, 1.54) is 0 Å². The first-order valence-electron chi connectivity index (χ1n) is 4.17. The monoisotopic (exact) mass is 273 g/mol. The third-order valence-electron chi connectivity index (χ3n) is 2.00. The van der Waals surface area contributed by atoms with Crippen LogP contribution >= 0.6 is 27.5 Å². The molecule has 0 saturated heterocycles.